The minimum atomic E-state index is -4.76. The molecule has 0 radical (unpaired) electrons. The molecule has 0 saturated heterocycles. The van der Waals surface area contributed by atoms with Gasteiger partial charge in [-0.2, -0.15) is 18.3 Å². The van der Waals surface area contributed by atoms with Gasteiger partial charge in [-0.15, -0.1) is 0 Å². The van der Waals surface area contributed by atoms with Crippen LogP contribution in [-0.2, 0) is 16.2 Å². The van der Waals surface area contributed by atoms with Crippen LogP contribution in [0.4, 0.5) is 17.6 Å². The summed E-state index contributed by atoms with van der Waals surface area (Å²) in [5, 5.41) is 8.78. The Bertz CT molecular complexity index is 1400. The molecule has 0 aliphatic heterocycles. The van der Waals surface area contributed by atoms with Crippen LogP contribution < -0.4 is 9.88 Å². The number of sulfonamides is 1. The summed E-state index contributed by atoms with van der Waals surface area (Å²) in [7, 11) is -2.70. The third-order valence-electron chi connectivity index (χ3n) is 4.64. The fourth-order valence-electron chi connectivity index (χ4n) is 3.29. The Morgan fingerprint density at radius 1 is 0.967 bits per heavy atom. The first-order valence-electron chi connectivity index (χ1n) is 8.41. The number of hydrogen-bond donors (Lipinski definition) is 1. The Labute approximate surface area is 167 Å². The number of rotatable bonds is 3. The molecule has 4 rings (SSSR count). The zero-order chi connectivity index (χ0) is 21.8. The summed E-state index contributed by atoms with van der Waals surface area (Å²) < 4.78 is 84.3. The van der Waals surface area contributed by atoms with Crippen molar-refractivity contribution in [1.29, 1.82) is 0 Å². The first-order chi connectivity index (χ1) is 14.0. The van der Waals surface area contributed by atoms with Gasteiger partial charge in [0.2, 0.25) is 10.0 Å². The standard InChI is InChI=1S/C19H13F4N3O3S/c1-29-15-9-8-13-12(16(15)20)6-7-14-17(13)26(25-18(14)19(21,22)23)10-2-4-11(5-3-10)30(24,27)28/h2-9H,1H3,(H2,24,27,28). The lowest BCUT2D eigenvalue weighted by Gasteiger charge is -2.09. The first-order valence-corrected chi connectivity index (χ1v) is 9.95. The zero-order valence-corrected chi connectivity index (χ0v) is 16.1. The van der Waals surface area contributed by atoms with E-state index >= 15 is 0 Å². The summed E-state index contributed by atoms with van der Waals surface area (Å²) in [6, 6.07) is 9.98. The Morgan fingerprint density at radius 3 is 2.13 bits per heavy atom. The topological polar surface area (TPSA) is 87.2 Å². The number of hydrogen-bond acceptors (Lipinski definition) is 4. The molecule has 4 aromatic rings. The Morgan fingerprint density at radius 2 is 1.57 bits per heavy atom. The van der Waals surface area contributed by atoms with Gasteiger partial charge in [-0.25, -0.2) is 22.6 Å². The summed E-state index contributed by atoms with van der Waals surface area (Å²) in [6.07, 6.45) is -4.76. The number of aromatic nitrogens is 2. The predicted octanol–water partition coefficient (Wildman–Crippen LogP) is 3.99. The molecule has 0 unspecified atom stereocenters. The molecule has 2 N–H and O–H groups in total. The molecule has 0 aliphatic rings. The zero-order valence-electron chi connectivity index (χ0n) is 15.2. The van der Waals surface area contributed by atoms with Gasteiger partial charge in [-0.05, 0) is 42.5 Å². The smallest absolute Gasteiger partial charge is 0.435 e. The van der Waals surface area contributed by atoms with Gasteiger partial charge in [0.15, 0.2) is 17.3 Å². The minimum absolute atomic E-state index is 0.0183. The molecule has 3 aromatic carbocycles. The van der Waals surface area contributed by atoms with E-state index in [2.05, 4.69) is 5.10 Å². The fraction of sp³-hybridized carbons (Fsp3) is 0.105. The van der Waals surface area contributed by atoms with Crippen LogP contribution in [0.2, 0.25) is 0 Å². The highest BCUT2D eigenvalue weighted by molar-refractivity contribution is 7.89. The summed E-state index contributed by atoms with van der Waals surface area (Å²) in [5.41, 5.74) is -0.984. The van der Waals surface area contributed by atoms with Crippen LogP contribution in [-0.4, -0.2) is 25.3 Å². The molecule has 0 aliphatic carbocycles. The molecule has 1 aromatic heterocycles. The van der Waals surface area contributed by atoms with E-state index in [0.717, 1.165) is 22.9 Å². The molecule has 156 valence electrons. The summed E-state index contributed by atoms with van der Waals surface area (Å²) in [5.74, 6) is -0.774. The number of nitrogens with two attached hydrogens (primary N) is 1. The lowest BCUT2D eigenvalue weighted by molar-refractivity contribution is -0.140. The number of methoxy groups -OCH3 is 1. The number of primary sulfonamides is 1. The summed E-state index contributed by atoms with van der Waals surface area (Å²) in [6.45, 7) is 0. The van der Waals surface area contributed by atoms with Crippen LogP contribution in [0.25, 0.3) is 27.4 Å². The molecule has 0 amide bonds. The fourth-order valence-corrected chi connectivity index (χ4v) is 3.80. The summed E-state index contributed by atoms with van der Waals surface area (Å²) >= 11 is 0. The van der Waals surface area contributed by atoms with E-state index in [1.165, 1.54) is 37.4 Å². The monoisotopic (exact) mass is 439 g/mol. The van der Waals surface area contributed by atoms with Crippen molar-refractivity contribution in [2.24, 2.45) is 5.14 Å². The number of alkyl halides is 3. The van der Waals surface area contributed by atoms with Crippen LogP contribution in [0, 0.1) is 5.82 Å². The van der Waals surface area contributed by atoms with Crippen molar-refractivity contribution in [3.05, 3.63) is 60.0 Å². The Balaban J connectivity index is 2.09. The van der Waals surface area contributed by atoms with Gasteiger partial charge in [0.05, 0.1) is 23.2 Å². The van der Waals surface area contributed by atoms with Gasteiger partial charge >= 0.3 is 6.18 Å². The van der Waals surface area contributed by atoms with Gasteiger partial charge in [0, 0.05) is 16.2 Å². The molecule has 11 heteroatoms. The van der Waals surface area contributed by atoms with Crippen molar-refractivity contribution < 1.29 is 30.7 Å². The third-order valence-corrected chi connectivity index (χ3v) is 5.57. The molecule has 0 bridgehead atoms. The van der Waals surface area contributed by atoms with E-state index in [1.54, 1.807) is 0 Å². The minimum Gasteiger partial charge on any atom is -0.494 e. The number of nitrogens with zero attached hydrogens (tertiary/aromatic N) is 2. The molecule has 0 saturated carbocycles. The quantitative estimate of drug-likeness (QED) is 0.489. The van der Waals surface area contributed by atoms with Crippen LogP contribution in [0.15, 0.2) is 53.4 Å². The van der Waals surface area contributed by atoms with Crippen molar-refractivity contribution in [3.63, 3.8) is 0 Å². The highest BCUT2D eigenvalue weighted by Gasteiger charge is 2.37. The molecule has 0 fully saturated rings. The molecular formula is C19H13F4N3O3S. The molecule has 1 heterocycles. The molecule has 30 heavy (non-hydrogen) atoms. The lowest BCUT2D eigenvalue weighted by atomic mass is 10.0. The normalized spacial score (nSPS) is 12.6. The number of ether oxygens (including phenoxy) is 1. The van der Waals surface area contributed by atoms with Crippen LogP contribution in [0.5, 0.6) is 5.75 Å². The average molecular weight is 439 g/mol. The van der Waals surface area contributed by atoms with Crippen LogP contribution in [0.1, 0.15) is 5.69 Å². The largest absolute Gasteiger partial charge is 0.494 e. The van der Waals surface area contributed by atoms with Crippen LogP contribution in [0.3, 0.4) is 0 Å². The number of fused-ring (bicyclic) bond motifs is 3. The van der Waals surface area contributed by atoms with Gasteiger partial charge in [-0.1, -0.05) is 6.07 Å². The predicted molar refractivity (Wildman–Crippen MR) is 101 cm³/mol. The molecular weight excluding hydrogens is 426 g/mol. The Kier molecular flexibility index (Phi) is 4.47. The van der Waals surface area contributed by atoms with Crippen molar-refractivity contribution in [1.82, 2.24) is 9.78 Å². The highest BCUT2D eigenvalue weighted by Crippen LogP contribution is 2.39. The van der Waals surface area contributed by atoms with Crippen molar-refractivity contribution >= 4 is 31.7 Å². The second kappa shape index (κ2) is 6.67. The van der Waals surface area contributed by atoms with E-state index < -0.39 is 27.7 Å². The van der Waals surface area contributed by atoms with Crippen molar-refractivity contribution in [2.75, 3.05) is 7.11 Å². The molecule has 0 spiro atoms. The van der Waals surface area contributed by atoms with Gasteiger partial charge in [0.1, 0.15) is 0 Å². The first kappa shape index (κ1) is 20.1. The number of benzene rings is 3. The molecule has 6 nitrogen and oxygen atoms in total. The van der Waals surface area contributed by atoms with Crippen molar-refractivity contribution in [3.8, 4) is 11.4 Å². The highest BCUT2D eigenvalue weighted by atomic mass is 32.2. The van der Waals surface area contributed by atoms with E-state index in [9.17, 15) is 26.0 Å². The van der Waals surface area contributed by atoms with Gasteiger partial charge < -0.3 is 4.74 Å². The maximum Gasteiger partial charge on any atom is 0.435 e. The van der Waals surface area contributed by atoms with E-state index in [-0.39, 0.29) is 38.0 Å². The summed E-state index contributed by atoms with van der Waals surface area (Å²) in [4.78, 5) is -0.209. The second-order valence-electron chi connectivity index (χ2n) is 6.44. The number of halogens is 4. The maximum atomic E-state index is 14.7. The average Bonchev–Trinajstić information content (AvgIpc) is 3.08. The Hall–Kier alpha value is -3.18. The van der Waals surface area contributed by atoms with E-state index in [1.807, 2.05) is 0 Å². The second-order valence-corrected chi connectivity index (χ2v) is 8.00. The van der Waals surface area contributed by atoms with Crippen molar-refractivity contribution in [2.45, 2.75) is 11.1 Å². The molecule has 0 atom stereocenters. The lowest BCUT2D eigenvalue weighted by Crippen LogP contribution is -2.12. The SMILES string of the molecule is COc1ccc2c(ccc3c(C(F)(F)F)nn(-c4ccc(S(N)(=O)=O)cc4)c32)c1F. The van der Waals surface area contributed by atoms with E-state index in [4.69, 9.17) is 9.88 Å². The van der Waals surface area contributed by atoms with Gasteiger partial charge in [0.25, 0.3) is 0 Å². The van der Waals surface area contributed by atoms with Crippen LogP contribution >= 0.6 is 0 Å². The third kappa shape index (κ3) is 3.15. The van der Waals surface area contributed by atoms with Gasteiger partial charge in [-0.3, -0.25) is 0 Å². The maximum absolute atomic E-state index is 14.7. The van der Waals surface area contributed by atoms with E-state index in [0.29, 0.717) is 0 Å².